The second kappa shape index (κ2) is 8.26. The minimum Gasteiger partial charge on any atom is -0.350 e. The normalized spacial score (nSPS) is 20.3. The third-order valence-corrected chi connectivity index (χ3v) is 6.29. The summed E-state index contributed by atoms with van der Waals surface area (Å²) in [5, 5.41) is 7.49. The van der Waals surface area contributed by atoms with E-state index in [-0.39, 0.29) is 11.4 Å². The van der Waals surface area contributed by atoms with Crippen LogP contribution in [0.25, 0.3) is 5.69 Å². The van der Waals surface area contributed by atoms with Gasteiger partial charge in [-0.15, -0.1) is 0 Å². The van der Waals surface area contributed by atoms with Crippen LogP contribution < -0.4 is 5.32 Å². The highest BCUT2D eigenvalue weighted by molar-refractivity contribution is 5.94. The molecule has 2 fully saturated rings. The number of rotatable bonds is 5. The first-order valence-electron chi connectivity index (χ1n) is 10.4. The van der Waals surface area contributed by atoms with Crippen molar-refractivity contribution >= 4 is 5.91 Å². The van der Waals surface area contributed by atoms with Gasteiger partial charge in [0.2, 0.25) is 0 Å². The Labute approximate surface area is 161 Å². The van der Waals surface area contributed by atoms with Crippen molar-refractivity contribution in [2.45, 2.75) is 56.9 Å². The van der Waals surface area contributed by atoms with Crippen molar-refractivity contribution < 1.29 is 4.79 Å². The van der Waals surface area contributed by atoms with Crippen LogP contribution in [-0.4, -0.2) is 45.8 Å². The molecule has 0 bridgehead atoms. The fourth-order valence-corrected chi connectivity index (χ4v) is 4.72. The second-order valence-corrected chi connectivity index (χ2v) is 8.01. The first kappa shape index (κ1) is 18.2. The maximum atomic E-state index is 12.8. The Morgan fingerprint density at radius 2 is 1.70 bits per heavy atom. The Morgan fingerprint density at radius 3 is 2.37 bits per heavy atom. The number of nitrogens with one attached hydrogen (secondary N) is 1. The number of hydrogen-bond donors (Lipinski definition) is 1. The summed E-state index contributed by atoms with van der Waals surface area (Å²) < 4.78 is 1.80. The van der Waals surface area contributed by atoms with Gasteiger partial charge in [-0.05, 0) is 69.1 Å². The molecule has 5 nitrogen and oxygen atoms in total. The molecule has 1 amide bonds. The number of carbonyl (C=O) groups is 1. The molecule has 1 N–H and O–H groups in total. The fourth-order valence-electron chi connectivity index (χ4n) is 4.72. The van der Waals surface area contributed by atoms with Gasteiger partial charge in [-0.25, -0.2) is 4.68 Å². The SMILES string of the molecule is O=C(NCC1(N2CCCCC2)CCCCC1)c1ccc(-n2cccn2)cc1. The highest BCUT2D eigenvalue weighted by Crippen LogP contribution is 2.35. The Balaban J connectivity index is 1.41. The lowest BCUT2D eigenvalue weighted by molar-refractivity contribution is 0.0326. The molecule has 1 aromatic heterocycles. The first-order chi connectivity index (χ1) is 13.3. The van der Waals surface area contributed by atoms with E-state index >= 15 is 0 Å². The van der Waals surface area contributed by atoms with Crippen LogP contribution in [0.15, 0.2) is 42.7 Å². The Bertz CT molecular complexity index is 726. The lowest BCUT2D eigenvalue weighted by Gasteiger charge is -2.48. The average molecular weight is 367 g/mol. The molecule has 4 rings (SSSR count). The van der Waals surface area contributed by atoms with E-state index in [1.165, 1.54) is 64.5 Å². The van der Waals surface area contributed by atoms with Crippen LogP contribution in [0.1, 0.15) is 61.7 Å². The van der Waals surface area contributed by atoms with E-state index in [0.29, 0.717) is 0 Å². The molecule has 1 aromatic carbocycles. The van der Waals surface area contributed by atoms with Crippen molar-refractivity contribution in [2.24, 2.45) is 0 Å². The molecule has 1 saturated carbocycles. The number of piperidine rings is 1. The van der Waals surface area contributed by atoms with Crippen LogP contribution in [0.2, 0.25) is 0 Å². The van der Waals surface area contributed by atoms with Crippen LogP contribution in [0, 0.1) is 0 Å². The highest BCUT2D eigenvalue weighted by Gasteiger charge is 2.38. The predicted molar refractivity (Wildman–Crippen MR) is 107 cm³/mol. The van der Waals surface area contributed by atoms with Crippen LogP contribution in [0.3, 0.4) is 0 Å². The molecule has 1 aliphatic carbocycles. The molecule has 1 aliphatic heterocycles. The molecule has 5 heteroatoms. The number of carbonyl (C=O) groups excluding carboxylic acids is 1. The van der Waals surface area contributed by atoms with Crippen molar-refractivity contribution in [1.82, 2.24) is 20.0 Å². The lowest BCUT2D eigenvalue weighted by Crippen LogP contribution is -2.58. The Hall–Kier alpha value is -2.14. The third kappa shape index (κ3) is 4.08. The summed E-state index contributed by atoms with van der Waals surface area (Å²) in [4.78, 5) is 15.4. The van der Waals surface area contributed by atoms with E-state index in [1.54, 1.807) is 10.9 Å². The molecule has 0 unspecified atom stereocenters. The van der Waals surface area contributed by atoms with Gasteiger partial charge in [-0.3, -0.25) is 9.69 Å². The molecular formula is C22H30N4O. The van der Waals surface area contributed by atoms with Crippen LogP contribution >= 0.6 is 0 Å². The van der Waals surface area contributed by atoms with E-state index in [1.807, 2.05) is 36.5 Å². The minimum atomic E-state index is 0.0315. The Kier molecular flexibility index (Phi) is 5.58. The number of amides is 1. The number of benzene rings is 1. The zero-order valence-electron chi connectivity index (χ0n) is 16.1. The Morgan fingerprint density at radius 1 is 1.00 bits per heavy atom. The standard InChI is InChI=1S/C22H30N4O/c27-21(19-8-10-20(11-9-19)26-17-7-14-24-26)23-18-22(12-3-1-4-13-22)25-15-5-2-6-16-25/h7-11,14,17H,1-6,12-13,15-16,18H2,(H,23,27). The largest absolute Gasteiger partial charge is 0.350 e. The summed E-state index contributed by atoms with van der Waals surface area (Å²) in [6.45, 7) is 3.15. The van der Waals surface area contributed by atoms with Gasteiger partial charge in [0, 0.05) is 30.0 Å². The molecule has 0 spiro atoms. The van der Waals surface area contributed by atoms with Gasteiger partial charge >= 0.3 is 0 Å². The zero-order chi connectivity index (χ0) is 18.5. The molecule has 144 valence electrons. The number of aromatic nitrogens is 2. The van der Waals surface area contributed by atoms with Crippen molar-refractivity contribution in [3.05, 3.63) is 48.3 Å². The summed E-state index contributed by atoms with van der Waals surface area (Å²) in [5.41, 5.74) is 1.85. The van der Waals surface area contributed by atoms with E-state index in [4.69, 9.17) is 0 Å². The number of likely N-dealkylation sites (tertiary alicyclic amines) is 1. The molecule has 0 atom stereocenters. The minimum absolute atomic E-state index is 0.0315. The number of hydrogen-bond acceptors (Lipinski definition) is 3. The van der Waals surface area contributed by atoms with Gasteiger partial charge in [-0.2, -0.15) is 5.10 Å². The van der Waals surface area contributed by atoms with E-state index in [0.717, 1.165) is 17.8 Å². The molecule has 2 aliphatic rings. The van der Waals surface area contributed by atoms with Gasteiger partial charge in [0.1, 0.15) is 0 Å². The van der Waals surface area contributed by atoms with E-state index in [9.17, 15) is 4.79 Å². The quantitative estimate of drug-likeness (QED) is 0.876. The maximum Gasteiger partial charge on any atom is 0.251 e. The predicted octanol–water partition coefficient (Wildman–Crippen LogP) is 3.79. The van der Waals surface area contributed by atoms with Crippen LogP contribution in [-0.2, 0) is 0 Å². The van der Waals surface area contributed by atoms with Gasteiger partial charge in [0.05, 0.1) is 5.69 Å². The maximum absolute atomic E-state index is 12.8. The molecule has 0 radical (unpaired) electrons. The summed E-state index contributed by atoms with van der Waals surface area (Å²) in [6.07, 6.45) is 13.9. The molecule has 2 heterocycles. The van der Waals surface area contributed by atoms with Crippen molar-refractivity contribution in [1.29, 1.82) is 0 Å². The first-order valence-corrected chi connectivity index (χ1v) is 10.4. The van der Waals surface area contributed by atoms with Gasteiger partial charge in [0.25, 0.3) is 5.91 Å². The van der Waals surface area contributed by atoms with Gasteiger partial charge in [-0.1, -0.05) is 25.7 Å². The smallest absolute Gasteiger partial charge is 0.251 e. The van der Waals surface area contributed by atoms with Crippen LogP contribution in [0.4, 0.5) is 0 Å². The third-order valence-electron chi connectivity index (χ3n) is 6.29. The summed E-state index contributed by atoms with van der Waals surface area (Å²) in [7, 11) is 0. The van der Waals surface area contributed by atoms with E-state index < -0.39 is 0 Å². The van der Waals surface area contributed by atoms with Crippen molar-refractivity contribution in [3.8, 4) is 5.69 Å². The van der Waals surface area contributed by atoms with Gasteiger partial charge in [0.15, 0.2) is 0 Å². The summed E-state index contributed by atoms with van der Waals surface area (Å²) >= 11 is 0. The monoisotopic (exact) mass is 366 g/mol. The molecule has 27 heavy (non-hydrogen) atoms. The summed E-state index contributed by atoms with van der Waals surface area (Å²) in [6, 6.07) is 9.57. The molecular weight excluding hydrogens is 336 g/mol. The van der Waals surface area contributed by atoms with Crippen molar-refractivity contribution in [2.75, 3.05) is 19.6 Å². The molecule has 1 saturated heterocycles. The zero-order valence-corrected chi connectivity index (χ0v) is 16.1. The number of nitrogens with zero attached hydrogens (tertiary/aromatic N) is 3. The topological polar surface area (TPSA) is 50.2 Å². The fraction of sp³-hybridized carbons (Fsp3) is 0.545. The lowest BCUT2D eigenvalue weighted by atomic mass is 9.79. The highest BCUT2D eigenvalue weighted by atomic mass is 16.1. The summed E-state index contributed by atoms with van der Waals surface area (Å²) in [5.74, 6) is 0.0315. The average Bonchev–Trinajstić information content (AvgIpc) is 3.28. The van der Waals surface area contributed by atoms with E-state index in [2.05, 4.69) is 15.3 Å². The van der Waals surface area contributed by atoms with Crippen molar-refractivity contribution in [3.63, 3.8) is 0 Å². The molecule has 2 aromatic rings. The second-order valence-electron chi connectivity index (χ2n) is 8.01. The van der Waals surface area contributed by atoms with Gasteiger partial charge < -0.3 is 5.32 Å². The van der Waals surface area contributed by atoms with Crippen LogP contribution in [0.5, 0.6) is 0 Å².